The molecule has 2 aromatic carbocycles. The largest absolute Gasteiger partial charge is 0.465 e. The third-order valence-corrected chi connectivity index (χ3v) is 5.65. The minimum absolute atomic E-state index is 0.0342. The van der Waals surface area contributed by atoms with Crippen molar-refractivity contribution >= 4 is 33.3 Å². The summed E-state index contributed by atoms with van der Waals surface area (Å²) < 4.78 is 36.9. The first-order valence-electron chi connectivity index (χ1n) is 8.90. The van der Waals surface area contributed by atoms with Gasteiger partial charge in [0.05, 0.1) is 34.3 Å². The van der Waals surface area contributed by atoms with E-state index in [1.807, 2.05) is 0 Å². The minimum atomic E-state index is -4.31. The fourth-order valence-electron chi connectivity index (χ4n) is 2.51. The Hall–Kier alpha value is -3.47. The molecule has 2 rings (SSSR count). The number of hydrogen-bond donors (Lipinski definition) is 0. The van der Waals surface area contributed by atoms with Gasteiger partial charge >= 0.3 is 11.9 Å². The van der Waals surface area contributed by atoms with Gasteiger partial charge in [0.1, 0.15) is 6.54 Å². The third-order valence-electron chi connectivity index (χ3n) is 3.86. The third kappa shape index (κ3) is 5.32. The molecule has 0 atom stereocenters. The van der Waals surface area contributed by atoms with Crippen molar-refractivity contribution in [3.05, 3.63) is 64.2 Å². The van der Waals surface area contributed by atoms with Crippen molar-refractivity contribution in [2.75, 3.05) is 24.1 Å². The zero-order valence-corrected chi connectivity index (χ0v) is 17.1. The van der Waals surface area contributed by atoms with Crippen LogP contribution in [0.4, 0.5) is 11.4 Å². The van der Waals surface area contributed by atoms with Crippen molar-refractivity contribution < 1.29 is 32.4 Å². The van der Waals surface area contributed by atoms with Gasteiger partial charge in [0, 0.05) is 12.1 Å². The number of rotatable bonds is 9. The molecule has 0 heterocycles. The second kappa shape index (κ2) is 9.83. The average molecular weight is 436 g/mol. The lowest BCUT2D eigenvalue weighted by Crippen LogP contribution is -2.36. The van der Waals surface area contributed by atoms with E-state index in [0.717, 1.165) is 28.6 Å². The molecule has 30 heavy (non-hydrogen) atoms. The lowest BCUT2D eigenvalue weighted by molar-refractivity contribution is -0.384. The van der Waals surface area contributed by atoms with Crippen molar-refractivity contribution in [3.63, 3.8) is 0 Å². The van der Waals surface area contributed by atoms with E-state index in [1.165, 1.54) is 24.3 Å². The highest BCUT2D eigenvalue weighted by Crippen LogP contribution is 2.26. The van der Waals surface area contributed by atoms with E-state index >= 15 is 0 Å². The number of nitro groups is 1. The van der Waals surface area contributed by atoms with Crippen LogP contribution in [0.1, 0.15) is 24.2 Å². The molecule has 0 bridgehead atoms. The fourth-order valence-corrected chi connectivity index (χ4v) is 3.91. The van der Waals surface area contributed by atoms with Gasteiger partial charge in [-0.15, -0.1) is 0 Å². The normalized spacial score (nSPS) is 10.9. The highest BCUT2D eigenvalue weighted by atomic mass is 32.2. The Bertz CT molecular complexity index is 1030. The van der Waals surface area contributed by atoms with Crippen molar-refractivity contribution in [1.82, 2.24) is 0 Å². The van der Waals surface area contributed by atoms with Gasteiger partial charge in [0.15, 0.2) is 0 Å². The maximum atomic E-state index is 13.2. The van der Waals surface area contributed by atoms with Gasteiger partial charge in [0.25, 0.3) is 15.7 Å². The molecule has 0 saturated carbocycles. The van der Waals surface area contributed by atoms with E-state index in [1.54, 1.807) is 13.8 Å². The summed E-state index contributed by atoms with van der Waals surface area (Å²) in [5, 5.41) is 10.8. The summed E-state index contributed by atoms with van der Waals surface area (Å²) in [7, 11) is -4.31. The van der Waals surface area contributed by atoms with Gasteiger partial charge in [-0.1, -0.05) is 6.07 Å². The summed E-state index contributed by atoms with van der Waals surface area (Å²) in [6.45, 7) is 2.74. The smallest absolute Gasteiger partial charge is 0.338 e. The summed E-state index contributed by atoms with van der Waals surface area (Å²) in [5.41, 5.74) is -0.149. The van der Waals surface area contributed by atoms with E-state index in [-0.39, 0.29) is 35.0 Å². The van der Waals surface area contributed by atoms with Gasteiger partial charge < -0.3 is 9.47 Å². The first kappa shape index (κ1) is 22.8. The van der Waals surface area contributed by atoms with Crippen LogP contribution >= 0.6 is 0 Å². The van der Waals surface area contributed by atoms with Crippen LogP contribution < -0.4 is 4.31 Å². The number of nitrogens with zero attached hydrogens (tertiary/aromatic N) is 2. The average Bonchev–Trinajstić information content (AvgIpc) is 2.72. The Labute approximate surface area is 173 Å². The van der Waals surface area contributed by atoms with Crippen LogP contribution in [0, 0.1) is 10.1 Å². The van der Waals surface area contributed by atoms with Gasteiger partial charge in [-0.2, -0.15) is 0 Å². The monoisotopic (exact) mass is 436 g/mol. The summed E-state index contributed by atoms with van der Waals surface area (Å²) in [5.74, 6) is -1.45. The zero-order chi connectivity index (χ0) is 22.3. The maximum absolute atomic E-state index is 13.2. The van der Waals surface area contributed by atoms with Crippen molar-refractivity contribution in [2.45, 2.75) is 18.7 Å². The molecule has 0 saturated heterocycles. The Morgan fingerprint density at radius 3 is 2.23 bits per heavy atom. The van der Waals surface area contributed by atoms with E-state index in [4.69, 9.17) is 9.47 Å². The first-order valence-corrected chi connectivity index (χ1v) is 10.3. The number of hydrogen-bond acceptors (Lipinski definition) is 8. The number of nitro benzene ring substituents is 1. The molecule has 0 aliphatic rings. The fraction of sp³-hybridized carbons (Fsp3) is 0.263. The van der Waals surface area contributed by atoms with Crippen LogP contribution in [0.25, 0.3) is 0 Å². The number of non-ortho nitro benzene ring substituents is 1. The molecule has 11 heteroatoms. The van der Waals surface area contributed by atoms with Crippen molar-refractivity contribution in [2.24, 2.45) is 0 Å². The SMILES string of the molecule is CCOC(=O)CN(c1cccc(C(=O)OCC)c1)S(=O)(=O)c1ccc([N+](=O)[O-])cc1. The molecule has 10 nitrogen and oxygen atoms in total. The Kier molecular flexibility index (Phi) is 7.48. The molecular formula is C19H20N2O8S. The van der Waals surface area contributed by atoms with Crippen molar-refractivity contribution in [1.29, 1.82) is 0 Å². The zero-order valence-electron chi connectivity index (χ0n) is 16.3. The van der Waals surface area contributed by atoms with E-state index in [9.17, 15) is 28.1 Å². The second-order valence-corrected chi connectivity index (χ2v) is 7.70. The highest BCUT2D eigenvalue weighted by Gasteiger charge is 2.29. The molecular weight excluding hydrogens is 416 g/mol. The topological polar surface area (TPSA) is 133 Å². The van der Waals surface area contributed by atoms with Crippen LogP contribution in [-0.4, -0.2) is 45.0 Å². The number of benzene rings is 2. The van der Waals surface area contributed by atoms with Crippen LogP contribution in [-0.2, 0) is 24.3 Å². The highest BCUT2D eigenvalue weighted by molar-refractivity contribution is 7.92. The summed E-state index contributed by atoms with van der Waals surface area (Å²) >= 11 is 0. The molecule has 2 aromatic rings. The van der Waals surface area contributed by atoms with Crippen LogP contribution in [0.3, 0.4) is 0 Å². The van der Waals surface area contributed by atoms with E-state index in [2.05, 4.69) is 0 Å². The standard InChI is InChI=1S/C19H20N2O8S/c1-3-28-18(22)13-20(16-7-5-6-14(12-16)19(23)29-4-2)30(26,27)17-10-8-15(9-11-17)21(24)25/h5-12H,3-4,13H2,1-2H3. The number of carbonyl (C=O) groups is 2. The van der Waals surface area contributed by atoms with Gasteiger partial charge in [-0.05, 0) is 44.2 Å². The van der Waals surface area contributed by atoms with Gasteiger partial charge in [0.2, 0.25) is 0 Å². The number of esters is 2. The van der Waals surface area contributed by atoms with Gasteiger partial charge in [-0.25, -0.2) is 13.2 Å². The molecule has 0 aliphatic carbocycles. The lowest BCUT2D eigenvalue weighted by atomic mass is 10.2. The van der Waals surface area contributed by atoms with Crippen LogP contribution in [0.2, 0.25) is 0 Å². The molecule has 0 aliphatic heterocycles. The predicted molar refractivity (Wildman–Crippen MR) is 107 cm³/mol. The Morgan fingerprint density at radius 2 is 1.67 bits per heavy atom. The summed E-state index contributed by atoms with van der Waals surface area (Å²) in [4.78, 5) is 34.0. The van der Waals surface area contributed by atoms with Crippen molar-refractivity contribution in [3.8, 4) is 0 Å². The molecule has 0 radical (unpaired) electrons. The molecule has 0 spiro atoms. The quantitative estimate of drug-likeness (QED) is 0.333. The number of ether oxygens (including phenoxy) is 2. The molecule has 0 aromatic heterocycles. The first-order chi connectivity index (χ1) is 14.2. The number of carbonyl (C=O) groups excluding carboxylic acids is 2. The van der Waals surface area contributed by atoms with Crippen LogP contribution in [0.15, 0.2) is 53.4 Å². The maximum Gasteiger partial charge on any atom is 0.338 e. The minimum Gasteiger partial charge on any atom is -0.465 e. The molecule has 160 valence electrons. The molecule has 0 unspecified atom stereocenters. The number of anilines is 1. The summed E-state index contributed by atoms with van der Waals surface area (Å²) in [6, 6.07) is 9.81. The second-order valence-electron chi connectivity index (χ2n) is 5.84. The molecule has 0 amide bonds. The van der Waals surface area contributed by atoms with E-state index in [0.29, 0.717) is 0 Å². The summed E-state index contributed by atoms with van der Waals surface area (Å²) in [6.07, 6.45) is 0. The van der Waals surface area contributed by atoms with E-state index < -0.39 is 33.4 Å². The van der Waals surface area contributed by atoms with Gasteiger partial charge in [-0.3, -0.25) is 19.2 Å². The lowest BCUT2D eigenvalue weighted by Gasteiger charge is -2.24. The Balaban J connectivity index is 2.51. The predicted octanol–water partition coefficient (Wildman–Crippen LogP) is 2.53. The molecule has 0 fully saturated rings. The Morgan fingerprint density at radius 1 is 1.03 bits per heavy atom. The number of sulfonamides is 1. The molecule has 0 N–H and O–H groups in total. The van der Waals surface area contributed by atoms with Crippen LogP contribution in [0.5, 0.6) is 0 Å².